The lowest BCUT2D eigenvalue weighted by Crippen LogP contribution is -2.32. The van der Waals surface area contributed by atoms with Crippen molar-refractivity contribution < 1.29 is 4.79 Å². The number of carbonyl (C=O) groups is 1. The summed E-state index contributed by atoms with van der Waals surface area (Å²) >= 11 is 1.66. The summed E-state index contributed by atoms with van der Waals surface area (Å²) in [4.78, 5) is 17.3. The molecule has 5 heteroatoms. The fourth-order valence-electron chi connectivity index (χ4n) is 1.64. The molecule has 0 aliphatic heterocycles. The number of primary amides is 1. The van der Waals surface area contributed by atoms with Gasteiger partial charge in [-0.15, -0.1) is 11.3 Å². The number of likely N-dealkylation sites (N-methyl/N-ethyl adjacent to an activating group) is 1. The summed E-state index contributed by atoms with van der Waals surface area (Å²) in [7, 11) is 1.88. The van der Waals surface area contributed by atoms with Crippen molar-refractivity contribution in [2.45, 2.75) is 13.0 Å². The topological polar surface area (TPSA) is 59.2 Å². The number of thiazole rings is 1. The van der Waals surface area contributed by atoms with Crippen LogP contribution >= 0.6 is 11.3 Å². The minimum absolute atomic E-state index is 0.0971. The molecule has 1 amide bonds. The SMILES string of the molecule is C[C@@H](c1nc2ccccc2s1)N(C)CC(N)=O. The second-order valence-electron chi connectivity index (χ2n) is 4.08. The quantitative estimate of drug-likeness (QED) is 0.898. The van der Waals surface area contributed by atoms with Crippen LogP contribution in [0.15, 0.2) is 24.3 Å². The van der Waals surface area contributed by atoms with Crippen LogP contribution in [0.4, 0.5) is 0 Å². The summed E-state index contributed by atoms with van der Waals surface area (Å²) < 4.78 is 1.17. The monoisotopic (exact) mass is 249 g/mol. The first kappa shape index (κ1) is 12.0. The van der Waals surface area contributed by atoms with Gasteiger partial charge in [0.1, 0.15) is 5.01 Å². The molecular formula is C12H15N3OS. The standard InChI is InChI=1S/C12H15N3OS/c1-8(15(2)7-11(13)16)12-14-9-5-3-4-6-10(9)17-12/h3-6,8H,7H2,1-2H3,(H2,13,16)/t8-/m0/s1. The molecule has 0 bridgehead atoms. The summed E-state index contributed by atoms with van der Waals surface area (Å²) in [5.41, 5.74) is 6.19. The van der Waals surface area contributed by atoms with Crippen molar-refractivity contribution in [3.05, 3.63) is 29.3 Å². The highest BCUT2D eigenvalue weighted by Crippen LogP contribution is 2.28. The Balaban J connectivity index is 2.24. The van der Waals surface area contributed by atoms with Gasteiger partial charge in [-0.1, -0.05) is 12.1 Å². The fraction of sp³-hybridized carbons (Fsp3) is 0.333. The first-order chi connectivity index (χ1) is 8.08. The van der Waals surface area contributed by atoms with Crippen molar-refractivity contribution in [1.82, 2.24) is 9.88 Å². The zero-order chi connectivity index (χ0) is 12.4. The van der Waals surface area contributed by atoms with Gasteiger partial charge in [0.25, 0.3) is 0 Å². The number of amides is 1. The molecule has 0 aliphatic carbocycles. The number of carbonyl (C=O) groups excluding carboxylic acids is 1. The van der Waals surface area contributed by atoms with E-state index in [1.165, 1.54) is 4.70 Å². The molecule has 0 radical (unpaired) electrons. The van der Waals surface area contributed by atoms with Crippen molar-refractivity contribution in [2.24, 2.45) is 5.73 Å². The molecular weight excluding hydrogens is 234 g/mol. The number of rotatable bonds is 4. The maximum Gasteiger partial charge on any atom is 0.231 e. The fourth-order valence-corrected chi connectivity index (χ4v) is 2.72. The number of para-hydroxylation sites is 1. The van der Waals surface area contributed by atoms with E-state index in [-0.39, 0.29) is 18.5 Å². The second kappa shape index (κ2) is 4.81. The first-order valence-corrected chi connectivity index (χ1v) is 6.23. The highest BCUT2D eigenvalue weighted by atomic mass is 32.1. The van der Waals surface area contributed by atoms with Crippen molar-refractivity contribution in [3.63, 3.8) is 0 Å². The minimum Gasteiger partial charge on any atom is -0.369 e. The van der Waals surface area contributed by atoms with Crippen molar-refractivity contribution >= 4 is 27.5 Å². The van der Waals surface area contributed by atoms with E-state index in [1.54, 1.807) is 11.3 Å². The average Bonchev–Trinajstić information content (AvgIpc) is 2.70. The predicted molar refractivity (Wildman–Crippen MR) is 69.9 cm³/mol. The molecule has 2 aromatic rings. The van der Waals surface area contributed by atoms with E-state index in [1.807, 2.05) is 37.1 Å². The van der Waals surface area contributed by atoms with Gasteiger partial charge >= 0.3 is 0 Å². The molecule has 1 heterocycles. The van der Waals surface area contributed by atoms with E-state index in [0.717, 1.165) is 10.5 Å². The number of hydrogen-bond acceptors (Lipinski definition) is 4. The van der Waals surface area contributed by atoms with E-state index < -0.39 is 0 Å². The average molecular weight is 249 g/mol. The van der Waals surface area contributed by atoms with Crippen LogP contribution in [0.5, 0.6) is 0 Å². The lowest BCUT2D eigenvalue weighted by atomic mass is 10.3. The zero-order valence-corrected chi connectivity index (χ0v) is 10.7. The van der Waals surface area contributed by atoms with Gasteiger partial charge in [0, 0.05) is 0 Å². The second-order valence-corrected chi connectivity index (χ2v) is 5.14. The summed E-state index contributed by atoms with van der Waals surface area (Å²) in [6.45, 7) is 2.28. The third-order valence-corrected chi connectivity index (χ3v) is 3.94. The zero-order valence-electron chi connectivity index (χ0n) is 9.88. The number of aromatic nitrogens is 1. The molecule has 0 aliphatic rings. The Morgan fingerprint density at radius 1 is 1.53 bits per heavy atom. The molecule has 1 aromatic heterocycles. The molecule has 0 saturated carbocycles. The third-order valence-electron chi connectivity index (χ3n) is 2.73. The Kier molecular flexibility index (Phi) is 3.40. The van der Waals surface area contributed by atoms with E-state index in [0.29, 0.717) is 0 Å². The highest BCUT2D eigenvalue weighted by molar-refractivity contribution is 7.18. The molecule has 2 rings (SSSR count). The Bertz CT molecular complexity index is 504. The van der Waals surface area contributed by atoms with Gasteiger partial charge in [-0.05, 0) is 26.1 Å². The van der Waals surface area contributed by atoms with Crippen molar-refractivity contribution in [1.29, 1.82) is 0 Å². The van der Waals surface area contributed by atoms with Crippen LogP contribution < -0.4 is 5.73 Å². The third kappa shape index (κ3) is 2.62. The highest BCUT2D eigenvalue weighted by Gasteiger charge is 2.17. The Morgan fingerprint density at radius 3 is 2.88 bits per heavy atom. The van der Waals surface area contributed by atoms with Gasteiger partial charge in [-0.2, -0.15) is 0 Å². The van der Waals surface area contributed by atoms with Gasteiger partial charge < -0.3 is 5.73 Å². The van der Waals surface area contributed by atoms with Crippen LogP contribution in [0.1, 0.15) is 18.0 Å². The maximum atomic E-state index is 10.9. The number of benzene rings is 1. The van der Waals surface area contributed by atoms with E-state index >= 15 is 0 Å². The lowest BCUT2D eigenvalue weighted by molar-refractivity contribution is -0.119. The smallest absolute Gasteiger partial charge is 0.231 e. The van der Waals surface area contributed by atoms with Gasteiger partial charge in [0.2, 0.25) is 5.91 Å². The molecule has 0 unspecified atom stereocenters. The van der Waals surface area contributed by atoms with Crippen LogP contribution in [0.25, 0.3) is 10.2 Å². The molecule has 2 N–H and O–H groups in total. The number of nitrogens with zero attached hydrogens (tertiary/aromatic N) is 2. The van der Waals surface area contributed by atoms with E-state index in [9.17, 15) is 4.79 Å². The van der Waals surface area contributed by atoms with Crippen LogP contribution in [0.2, 0.25) is 0 Å². The molecule has 90 valence electrons. The molecule has 17 heavy (non-hydrogen) atoms. The van der Waals surface area contributed by atoms with Crippen LogP contribution in [0.3, 0.4) is 0 Å². The lowest BCUT2D eigenvalue weighted by Gasteiger charge is -2.20. The summed E-state index contributed by atoms with van der Waals surface area (Å²) in [6.07, 6.45) is 0. The summed E-state index contributed by atoms with van der Waals surface area (Å²) in [6, 6.07) is 8.12. The number of hydrogen-bond donors (Lipinski definition) is 1. The molecule has 0 saturated heterocycles. The van der Waals surface area contributed by atoms with Crippen LogP contribution in [-0.4, -0.2) is 29.4 Å². The Hall–Kier alpha value is -1.46. The largest absolute Gasteiger partial charge is 0.369 e. The van der Waals surface area contributed by atoms with Gasteiger partial charge in [-0.25, -0.2) is 4.98 Å². The van der Waals surface area contributed by atoms with Gasteiger partial charge in [-0.3, -0.25) is 9.69 Å². The Labute approximate surface area is 104 Å². The maximum absolute atomic E-state index is 10.9. The molecule has 0 fully saturated rings. The Morgan fingerprint density at radius 2 is 2.24 bits per heavy atom. The van der Waals surface area contributed by atoms with E-state index in [4.69, 9.17) is 5.73 Å². The number of nitrogens with two attached hydrogens (primary N) is 1. The summed E-state index contributed by atoms with van der Waals surface area (Å²) in [5, 5.41) is 1.01. The van der Waals surface area contributed by atoms with Gasteiger partial charge in [0.15, 0.2) is 0 Å². The molecule has 1 atom stereocenters. The van der Waals surface area contributed by atoms with Crippen LogP contribution in [0, 0.1) is 0 Å². The molecule has 0 spiro atoms. The first-order valence-electron chi connectivity index (χ1n) is 5.42. The molecule has 1 aromatic carbocycles. The van der Waals surface area contributed by atoms with Crippen molar-refractivity contribution in [3.8, 4) is 0 Å². The normalized spacial score (nSPS) is 13.1. The number of fused-ring (bicyclic) bond motifs is 1. The predicted octanol–water partition coefficient (Wildman–Crippen LogP) is 1.77. The summed E-state index contributed by atoms with van der Waals surface area (Å²) in [5.74, 6) is -0.319. The van der Waals surface area contributed by atoms with E-state index in [2.05, 4.69) is 11.1 Å². The van der Waals surface area contributed by atoms with Crippen molar-refractivity contribution in [2.75, 3.05) is 13.6 Å². The van der Waals surface area contributed by atoms with Gasteiger partial charge in [0.05, 0.1) is 22.8 Å². The molecule has 4 nitrogen and oxygen atoms in total. The van der Waals surface area contributed by atoms with Crippen LogP contribution in [-0.2, 0) is 4.79 Å². The minimum atomic E-state index is -0.319.